The minimum Gasteiger partial charge on any atom is -0.336 e. The van der Waals surface area contributed by atoms with Gasteiger partial charge < -0.3 is 9.47 Å². The summed E-state index contributed by atoms with van der Waals surface area (Å²) in [6.45, 7) is 6.25. The summed E-state index contributed by atoms with van der Waals surface area (Å²) >= 11 is 7.42. The van der Waals surface area contributed by atoms with Gasteiger partial charge in [0.2, 0.25) is 5.91 Å². The Morgan fingerprint density at radius 2 is 1.81 bits per heavy atom. The van der Waals surface area contributed by atoms with Gasteiger partial charge in [0.15, 0.2) is 11.0 Å². The van der Waals surface area contributed by atoms with Crippen molar-refractivity contribution in [1.29, 1.82) is 0 Å². The van der Waals surface area contributed by atoms with E-state index in [-0.39, 0.29) is 11.2 Å². The van der Waals surface area contributed by atoms with Gasteiger partial charge in [-0.1, -0.05) is 23.4 Å². The van der Waals surface area contributed by atoms with Crippen LogP contribution in [0, 0.1) is 0 Å². The molecule has 5 nitrogen and oxygen atoms in total. The lowest BCUT2D eigenvalue weighted by Gasteiger charge is -2.40. The van der Waals surface area contributed by atoms with Gasteiger partial charge in [-0.25, -0.2) is 0 Å². The van der Waals surface area contributed by atoms with Gasteiger partial charge in [-0.05, 0) is 64.3 Å². The molecule has 140 valence electrons. The van der Waals surface area contributed by atoms with Crippen LogP contribution in [0.25, 0.3) is 11.4 Å². The number of aromatic nitrogens is 3. The second kappa shape index (κ2) is 8.01. The fourth-order valence-electron chi connectivity index (χ4n) is 3.54. The zero-order valence-electron chi connectivity index (χ0n) is 15.6. The van der Waals surface area contributed by atoms with Crippen molar-refractivity contribution in [2.24, 2.45) is 7.05 Å². The highest BCUT2D eigenvalue weighted by atomic mass is 35.5. The fourth-order valence-corrected chi connectivity index (χ4v) is 4.54. The molecule has 1 aromatic heterocycles. The van der Waals surface area contributed by atoms with Gasteiger partial charge in [0, 0.05) is 29.7 Å². The van der Waals surface area contributed by atoms with Crippen LogP contribution < -0.4 is 0 Å². The van der Waals surface area contributed by atoms with Crippen LogP contribution in [-0.4, -0.2) is 42.9 Å². The van der Waals surface area contributed by atoms with Gasteiger partial charge in [0.1, 0.15) is 0 Å². The van der Waals surface area contributed by atoms with Gasteiger partial charge in [0.25, 0.3) is 0 Å². The van der Waals surface area contributed by atoms with Crippen molar-refractivity contribution in [3.8, 4) is 11.4 Å². The highest BCUT2D eigenvalue weighted by molar-refractivity contribution is 8.00. The van der Waals surface area contributed by atoms with Gasteiger partial charge in [-0.2, -0.15) is 0 Å². The second-order valence-electron chi connectivity index (χ2n) is 7.01. The highest BCUT2D eigenvalue weighted by Gasteiger charge is 2.32. The Kier molecular flexibility index (Phi) is 5.92. The molecule has 1 aromatic carbocycles. The number of likely N-dealkylation sites (tertiary alicyclic amines) is 1. The Morgan fingerprint density at radius 3 is 2.42 bits per heavy atom. The number of carbonyl (C=O) groups is 1. The summed E-state index contributed by atoms with van der Waals surface area (Å²) in [6.07, 6.45) is 3.36. The Hall–Kier alpha value is -1.53. The number of carbonyl (C=O) groups excluding carboxylic acids is 1. The standard InChI is InChI=1S/C19H25ClN4OS/c1-12-6-5-7-13(2)24(12)18(25)14(3)26-19-22-21-17(23(19)4)15-8-10-16(20)11-9-15/h8-14H,5-7H2,1-4H3/t12-,13+,14-/m1/s1. The molecule has 1 saturated heterocycles. The van der Waals surface area contributed by atoms with Crippen LogP contribution in [0.3, 0.4) is 0 Å². The normalized spacial score (nSPS) is 21.7. The Morgan fingerprint density at radius 1 is 1.19 bits per heavy atom. The van der Waals surface area contributed by atoms with Crippen molar-refractivity contribution in [1.82, 2.24) is 19.7 Å². The van der Waals surface area contributed by atoms with Gasteiger partial charge >= 0.3 is 0 Å². The van der Waals surface area contributed by atoms with Crippen LogP contribution in [0.2, 0.25) is 5.02 Å². The molecule has 2 aromatic rings. The van der Waals surface area contributed by atoms with E-state index in [1.54, 1.807) is 0 Å². The first-order chi connectivity index (χ1) is 12.4. The maximum absolute atomic E-state index is 13.0. The third-order valence-electron chi connectivity index (χ3n) is 5.02. The van der Waals surface area contributed by atoms with E-state index in [1.165, 1.54) is 18.2 Å². The molecule has 1 fully saturated rings. The largest absolute Gasteiger partial charge is 0.336 e. The quantitative estimate of drug-likeness (QED) is 0.723. The lowest BCUT2D eigenvalue weighted by molar-refractivity contribution is -0.136. The third kappa shape index (κ3) is 3.91. The lowest BCUT2D eigenvalue weighted by Crippen LogP contribution is -2.50. The molecule has 3 atom stereocenters. The van der Waals surface area contributed by atoms with E-state index in [0.717, 1.165) is 29.4 Å². The van der Waals surface area contributed by atoms with Crippen molar-refractivity contribution in [2.45, 2.75) is 62.5 Å². The Balaban J connectivity index is 1.74. The molecule has 0 unspecified atom stereocenters. The van der Waals surface area contributed by atoms with Crippen molar-refractivity contribution in [3.05, 3.63) is 29.3 Å². The number of benzene rings is 1. The van der Waals surface area contributed by atoms with Gasteiger partial charge in [-0.3, -0.25) is 4.79 Å². The third-order valence-corrected chi connectivity index (χ3v) is 6.39. The average molecular weight is 393 g/mol. The predicted octanol–water partition coefficient (Wildman–Crippen LogP) is 4.41. The molecule has 2 heterocycles. The number of piperidine rings is 1. The lowest BCUT2D eigenvalue weighted by atomic mass is 9.97. The summed E-state index contributed by atoms with van der Waals surface area (Å²) in [5.74, 6) is 0.953. The van der Waals surface area contributed by atoms with Crippen LogP contribution >= 0.6 is 23.4 Å². The van der Waals surface area contributed by atoms with Crippen LogP contribution in [0.4, 0.5) is 0 Å². The molecule has 1 aliphatic rings. The zero-order chi connectivity index (χ0) is 18.8. The smallest absolute Gasteiger partial charge is 0.236 e. The molecule has 0 saturated carbocycles. The maximum atomic E-state index is 13.0. The minimum atomic E-state index is -0.195. The van der Waals surface area contributed by atoms with Gasteiger partial charge in [-0.15, -0.1) is 10.2 Å². The zero-order valence-corrected chi connectivity index (χ0v) is 17.2. The Bertz CT molecular complexity index is 766. The monoisotopic (exact) mass is 392 g/mol. The van der Waals surface area contributed by atoms with E-state index < -0.39 is 0 Å². The van der Waals surface area contributed by atoms with E-state index in [2.05, 4.69) is 28.9 Å². The number of thioether (sulfide) groups is 1. The molecule has 1 amide bonds. The van der Waals surface area contributed by atoms with Crippen molar-refractivity contribution >= 4 is 29.3 Å². The van der Waals surface area contributed by atoms with E-state index in [4.69, 9.17) is 11.6 Å². The number of hydrogen-bond donors (Lipinski definition) is 0. The molecule has 0 N–H and O–H groups in total. The summed E-state index contributed by atoms with van der Waals surface area (Å²) in [5, 5.41) is 9.82. The number of rotatable bonds is 4. The topological polar surface area (TPSA) is 51.0 Å². The highest BCUT2D eigenvalue weighted by Crippen LogP contribution is 2.30. The van der Waals surface area contributed by atoms with Crippen molar-refractivity contribution in [3.63, 3.8) is 0 Å². The first kappa shape index (κ1) is 19.2. The molecular weight excluding hydrogens is 368 g/mol. The van der Waals surface area contributed by atoms with Gasteiger partial charge in [0.05, 0.1) is 5.25 Å². The first-order valence-corrected chi connectivity index (χ1v) is 10.3. The summed E-state index contributed by atoms with van der Waals surface area (Å²) < 4.78 is 1.93. The summed E-state index contributed by atoms with van der Waals surface area (Å²) in [5.41, 5.74) is 0.952. The number of hydrogen-bond acceptors (Lipinski definition) is 4. The summed E-state index contributed by atoms with van der Waals surface area (Å²) in [6, 6.07) is 8.13. The summed E-state index contributed by atoms with van der Waals surface area (Å²) in [4.78, 5) is 15.0. The van der Waals surface area contributed by atoms with Crippen LogP contribution in [0.15, 0.2) is 29.4 Å². The fraction of sp³-hybridized carbons (Fsp3) is 0.526. The predicted molar refractivity (Wildman–Crippen MR) is 106 cm³/mol. The molecule has 0 spiro atoms. The Labute approximate surface area is 164 Å². The molecule has 0 bridgehead atoms. The number of amides is 1. The van der Waals surface area contributed by atoms with Crippen LogP contribution in [0.5, 0.6) is 0 Å². The van der Waals surface area contributed by atoms with E-state index >= 15 is 0 Å². The number of halogens is 1. The van der Waals surface area contributed by atoms with E-state index in [9.17, 15) is 4.79 Å². The van der Waals surface area contributed by atoms with Crippen molar-refractivity contribution in [2.75, 3.05) is 0 Å². The molecule has 7 heteroatoms. The summed E-state index contributed by atoms with van der Waals surface area (Å²) in [7, 11) is 1.93. The first-order valence-electron chi connectivity index (χ1n) is 9.02. The molecule has 0 radical (unpaired) electrons. The average Bonchev–Trinajstić information content (AvgIpc) is 2.96. The minimum absolute atomic E-state index is 0.186. The van der Waals surface area contributed by atoms with Crippen LogP contribution in [-0.2, 0) is 11.8 Å². The van der Waals surface area contributed by atoms with Crippen LogP contribution in [0.1, 0.15) is 40.0 Å². The SMILES string of the molecule is C[C@@H]1CCC[C@H](C)N1C(=O)[C@@H](C)Sc1nnc(-c2ccc(Cl)cc2)n1C. The molecule has 0 aliphatic carbocycles. The molecular formula is C19H25ClN4OS. The maximum Gasteiger partial charge on any atom is 0.236 e. The number of nitrogens with zero attached hydrogens (tertiary/aromatic N) is 4. The second-order valence-corrected chi connectivity index (χ2v) is 8.75. The van der Waals surface area contributed by atoms with E-state index in [1.807, 2.05) is 42.8 Å². The van der Waals surface area contributed by atoms with Crippen molar-refractivity contribution < 1.29 is 4.79 Å². The molecule has 3 rings (SSSR count). The molecule has 1 aliphatic heterocycles. The molecule has 26 heavy (non-hydrogen) atoms. The van der Waals surface area contributed by atoms with E-state index in [0.29, 0.717) is 17.1 Å².